The molecule has 3 heterocycles. The molecule has 0 radical (unpaired) electrons. The van der Waals surface area contributed by atoms with Crippen molar-refractivity contribution < 1.29 is 4.79 Å². The molecule has 0 spiro atoms. The number of hydrogen-bond donors (Lipinski definition) is 0. The predicted octanol–water partition coefficient (Wildman–Crippen LogP) is 4.94. The molecular formula is C27H27N5OS. The fourth-order valence-electron chi connectivity index (χ4n) is 5.49. The van der Waals surface area contributed by atoms with E-state index in [0.717, 1.165) is 78.2 Å². The van der Waals surface area contributed by atoms with Crippen LogP contribution in [0.1, 0.15) is 55.7 Å². The number of fused-ring (bicyclic) bond motifs is 1. The van der Waals surface area contributed by atoms with Crippen molar-refractivity contribution in [1.29, 1.82) is 5.26 Å². The number of benzene rings is 1. The van der Waals surface area contributed by atoms with Crippen molar-refractivity contribution in [3.05, 3.63) is 41.0 Å². The van der Waals surface area contributed by atoms with E-state index in [-0.39, 0.29) is 12.0 Å². The van der Waals surface area contributed by atoms with Crippen LogP contribution < -0.4 is 4.90 Å². The molecule has 4 aliphatic rings. The van der Waals surface area contributed by atoms with E-state index < -0.39 is 0 Å². The third-order valence-corrected chi connectivity index (χ3v) is 8.64. The number of pyridine rings is 1. The van der Waals surface area contributed by atoms with Gasteiger partial charge in [-0.05, 0) is 68.2 Å². The molecule has 1 unspecified atom stereocenters. The monoisotopic (exact) mass is 469 g/mol. The summed E-state index contributed by atoms with van der Waals surface area (Å²) >= 11 is 1.64. The third-order valence-electron chi connectivity index (χ3n) is 7.85. The molecule has 7 rings (SSSR count). The quantitative estimate of drug-likeness (QED) is 0.529. The van der Waals surface area contributed by atoms with Crippen molar-refractivity contribution >= 4 is 33.3 Å². The minimum absolute atomic E-state index is 0.257. The number of aromatic nitrogens is 2. The smallest absolute Gasteiger partial charge is 0.226 e. The highest BCUT2D eigenvalue weighted by Gasteiger charge is 2.45. The number of hydrogen-bond acceptors (Lipinski definition) is 6. The Hall–Kier alpha value is -2.98. The molecule has 4 fully saturated rings. The zero-order valence-corrected chi connectivity index (χ0v) is 19.9. The molecule has 1 aliphatic heterocycles. The van der Waals surface area contributed by atoms with Crippen LogP contribution in [-0.4, -0.2) is 46.5 Å². The molecule has 1 atom stereocenters. The van der Waals surface area contributed by atoms with Crippen LogP contribution in [0.2, 0.25) is 0 Å². The van der Waals surface area contributed by atoms with E-state index in [0.29, 0.717) is 23.3 Å². The lowest BCUT2D eigenvalue weighted by molar-refractivity contribution is -0.135. The van der Waals surface area contributed by atoms with Gasteiger partial charge in [-0.25, -0.2) is 9.97 Å². The van der Waals surface area contributed by atoms with Gasteiger partial charge >= 0.3 is 0 Å². The Morgan fingerprint density at radius 3 is 2.68 bits per heavy atom. The Labute approximate surface area is 203 Å². The zero-order valence-electron chi connectivity index (χ0n) is 19.1. The van der Waals surface area contributed by atoms with Crippen LogP contribution in [0, 0.1) is 23.2 Å². The first kappa shape index (κ1) is 20.4. The minimum atomic E-state index is 0.257. The van der Waals surface area contributed by atoms with Gasteiger partial charge in [0.15, 0.2) is 0 Å². The molecule has 6 nitrogen and oxygen atoms in total. The second kappa shape index (κ2) is 7.78. The van der Waals surface area contributed by atoms with Gasteiger partial charge in [-0.2, -0.15) is 5.26 Å². The lowest BCUT2D eigenvalue weighted by atomic mass is 9.98. The zero-order chi connectivity index (χ0) is 22.8. The maximum Gasteiger partial charge on any atom is 0.226 e. The van der Waals surface area contributed by atoms with Gasteiger partial charge in [-0.3, -0.25) is 4.79 Å². The van der Waals surface area contributed by atoms with Crippen molar-refractivity contribution in [2.24, 2.45) is 11.8 Å². The minimum Gasteiger partial charge on any atom is -0.352 e. The van der Waals surface area contributed by atoms with Crippen molar-refractivity contribution in [1.82, 2.24) is 14.9 Å². The summed E-state index contributed by atoms with van der Waals surface area (Å²) in [5.41, 5.74) is 6.85. The predicted molar refractivity (Wildman–Crippen MR) is 133 cm³/mol. The largest absolute Gasteiger partial charge is 0.352 e. The summed E-state index contributed by atoms with van der Waals surface area (Å²) in [5, 5.41) is 10.1. The Bertz CT molecular complexity index is 1330. The molecule has 2 aromatic heterocycles. The Morgan fingerprint density at radius 2 is 1.94 bits per heavy atom. The number of carbonyl (C=O) groups excluding carboxylic acids is 1. The molecule has 1 aromatic carbocycles. The first-order valence-electron chi connectivity index (χ1n) is 12.5. The van der Waals surface area contributed by atoms with Crippen LogP contribution in [0.5, 0.6) is 0 Å². The summed E-state index contributed by atoms with van der Waals surface area (Å²) < 4.78 is 1.16. The molecule has 7 heteroatoms. The number of amides is 1. The van der Waals surface area contributed by atoms with Crippen molar-refractivity contribution in [2.75, 3.05) is 24.5 Å². The molecule has 3 aromatic rings. The van der Waals surface area contributed by atoms with Gasteiger partial charge in [0.1, 0.15) is 11.9 Å². The van der Waals surface area contributed by atoms with Crippen LogP contribution in [0.3, 0.4) is 0 Å². The Kier molecular flexibility index (Phi) is 4.67. The molecule has 3 aliphatic carbocycles. The van der Waals surface area contributed by atoms with E-state index in [9.17, 15) is 10.1 Å². The second-order valence-corrected chi connectivity index (χ2v) is 11.3. The van der Waals surface area contributed by atoms with E-state index in [1.54, 1.807) is 11.3 Å². The van der Waals surface area contributed by atoms with E-state index in [2.05, 4.69) is 45.1 Å². The summed E-state index contributed by atoms with van der Waals surface area (Å²) in [7, 11) is 0. The fourth-order valence-corrected chi connectivity index (χ4v) is 6.20. The number of nitriles is 1. The highest BCUT2D eigenvalue weighted by Crippen LogP contribution is 2.46. The van der Waals surface area contributed by atoms with E-state index in [1.807, 2.05) is 5.51 Å². The molecular weight excluding hydrogens is 442 g/mol. The van der Waals surface area contributed by atoms with Gasteiger partial charge in [-0.15, -0.1) is 11.3 Å². The van der Waals surface area contributed by atoms with Gasteiger partial charge in [-0.1, -0.05) is 6.07 Å². The summed E-state index contributed by atoms with van der Waals surface area (Å²) in [6.07, 6.45) is 6.83. The van der Waals surface area contributed by atoms with Crippen LogP contribution in [-0.2, 0) is 4.79 Å². The lowest BCUT2D eigenvalue weighted by Gasteiger charge is -2.43. The molecule has 3 saturated carbocycles. The van der Waals surface area contributed by atoms with Crippen molar-refractivity contribution in [3.63, 3.8) is 0 Å². The molecule has 0 N–H and O–H groups in total. The summed E-state index contributed by atoms with van der Waals surface area (Å²) in [6, 6.07) is 11.1. The molecule has 34 heavy (non-hydrogen) atoms. The van der Waals surface area contributed by atoms with E-state index >= 15 is 0 Å². The fraction of sp³-hybridized carbons (Fsp3) is 0.481. The average molecular weight is 470 g/mol. The van der Waals surface area contributed by atoms with Gasteiger partial charge in [0, 0.05) is 37.0 Å². The lowest BCUT2D eigenvalue weighted by Crippen LogP contribution is -2.57. The number of thiazole rings is 1. The van der Waals surface area contributed by atoms with Crippen LogP contribution in [0.25, 0.3) is 21.3 Å². The molecule has 0 bridgehead atoms. The molecule has 172 valence electrons. The van der Waals surface area contributed by atoms with Crippen LogP contribution in [0.4, 0.5) is 5.82 Å². The summed E-state index contributed by atoms with van der Waals surface area (Å²) in [4.78, 5) is 27.0. The van der Waals surface area contributed by atoms with Gasteiger partial charge < -0.3 is 9.80 Å². The summed E-state index contributed by atoms with van der Waals surface area (Å²) in [5.74, 6) is 2.51. The Balaban J connectivity index is 1.25. The summed E-state index contributed by atoms with van der Waals surface area (Å²) in [6.45, 7) is 2.28. The van der Waals surface area contributed by atoms with E-state index in [4.69, 9.17) is 4.98 Å². The molecule has 1 amide bonds. The Morgan fingerprint density at radius 1 is 1.09 bits per heavy atom. The maximum atomic E-state index is 12.9. The topological polar surface area (TPSA) is 73.1 Å². The van der Waals surface area contributed by atoms with Gasteiger partial charge in [0.2, 0.25) is 5.91 Å². The van der Waals surface area contributed by atoms with Crippen LogP contribution in [0.15, 0.2) is 29.8 Å². The highest BCUT2D eigenvalue weighted by atomic mass is 32.1. The normalized spacial score (nSPS) is 22.7. The number of rotatable bonds is 5. The SMILES string of the molecule is N#Cc1cc(-c2ccc3ncsc3c2)c(C2CC2)nc1N1CCN(C(=O)C2CC2)C(C2CC2)C1. The van der Waals surface area contributed by atoms with Gasteiger partial charge in [0.05, 0.1) is 33.0 Å². The standard InChI is InChI=1S/C27H27N5OS/c28-13-20-11-21(19-7-8-22-24(12-19)34-15-29-22)25(17-3-4-17)30-26(20)31-9-10-32(27(33)18-5-6-18)23(14-31)16-1-2-16/h7-8,11-12,15-18,23H,1-6,9-10,14H2. The number of nitrogens with zero attached hydrogens (tertiary/aromatic N) is 5. The van der Waals surface area contributed by atoms with Crippen LogP contribution >= 0.6 is 11.3 Å². The van der Waals surface area contributed by atoms with Crippen molar-refractivity contribution in [3.8, 4) is 17.2 Å². The molecule has 1 saturated heterocycles. The third kappa shape index (κ3) is 3.56. The first-order valence-corrected chi connectivity index (χ1v) is 13.4. The second-order valence-electron chi connectivity index (χ2n) is 10.4. The first-order chi connectivity index (χ1) is 16.7. The number of piperazine rings is 1. The number of anilines is 1. The average Bonchev–Trinajstić information content (AvgIpc) is 3.73. The van der Waals surface area contributed by atoms with E-state index in [1.165, 1.54) is 12.8 Å². The maximum absolute atomic E-state index is 12.9. The van der Waals surface area contributed by atoms with Gasteiger partial charge in [0.25, 0.3) is 0 Å². The highest BCUT2D eigenvalue weighted by molar-refractivity contribution is 7.16. The van der Waals surface area contributed by atoms with Crippen molar-refractivity contribution in [2.45, 2.75) is 50.5 Å². The number of carbonyl (C=O) groups is 1.